The summed E-state index contributed by atoms with van der Waals surface area (Å²) in [5.41, 5.74) is 3.05. The van der Waals surface area contributed by atoms with Crippen molar-refractivity contribution in [3.05, 3.63) is 155 Å². The molecule has 1 fully saturated rings. The van der Waals surface area contributed by atoms with E-state index in [0.29, 0.717) is 33.6 Å². The number of furan rings is 1. The molecule has 3 heterocycles. The zero-order valence-electron chi connectivity index (χ0n) is 53.1. The van der Waals surface area contributed by atoms with Crippen molar-refractivity contribution in [2.24, 2.45) is 21.7 Å². The van der Waals surface area contributed by atoms with E-state index in [0.717, 1.165) is 58.1 Å². The molecule has 5 aromatic carbocycles. The van der Waals surface area contributed by atoms with Crippen LogP contribution in [0.2, 0.25) is 0 Å². The summed E-state index contributed by atoms with van der Waals surface area (Å²) < 4.78 is 123. The van der Waals surface area contributed by atoms with Gasteiger partial charge in [0.1, 0.15) is 5.58 Å². The van der Waals surface area contributed by atoms with Gasteiger partial charge < -0.3 is 14.4 Å². The van der Waals surface area contributed by atoms with E-state index in [9.17, 15) is 1.37 Å². The maximum absolute atomic E-state index is 9.91. The minimum Gasteiger partial charge on any atom is -0.500 e. The van der Waals surface area contributed by atoms with Crippen LogP contribution < -0.4 is 0 Å². The summed E-state index contributed by atoms with van der Waals surface area (Å²) in [4.78, 5) is 8.90. The molecule has 0 atom stereocenters. The molecule has 0 unspecified atom stereocenters. The Labute approximate surface area is 422 Å². The topological polar surface area (TPSA) is 38.9 Å². The third-order valence-corrected chi connectivity index (χ3v) is 12.1. The van der Waals surface area contributed by atoms with Crippen LogP contribution in [0.5, 0.6) is 0 Å². The molecule has 1 radical (unpaired) electrons. The van der Waals surface area contributed by atoms with Crippen molar-refractivity contribution >= 4 is 32.7 Å². The van der Waals surface area contributed by atoms with Gasteiger partial charge in [-0.2, -0.15) is 0 Å². The third-order valence-electron chi connectivity index (χ3n) is 12.1. The fraction of sp³-hybridized carbons (Fsp3) is 0.377. The second-order valence-electron chi connectivity index (χ2n) is 20.6. The molecule has 9 rings (SSSR count). The van der Waals surface area contributed by atoms with E-state index < -0.39 is 50.0 Å². The number of aromatic nitrogens is 2. The molecule has 1 aliphatic rings. The number of rotatable bonds is 6. The summed E-state index contributed by atoms with van der Waals surface area (Å²) in [7, 11) is 0. The van der Waals surface area contributed by atoms with E-state index in [1.54, 1.807) is 59.7 Å². The average molecular weight is 1050 g/mol. The van der Waals surface area contributed by atoms with Gasteiger partial charge in [-0.1, -0.05) is 171 Å². The first-order valence-corrected chi connectivity index (χ1v) is 22.2. The number of pyridine rings is 2. The molecule has 1 aliphatic carbocycles. The van der Waals surface area contributed by atoms with Crippen molar-refractivity contribution in [2.75, 3.05) is 0 Å². The molecule has 0 spiro atoms. The number of nitrogens with zero attached hydrogens (tertiary/aromatic N) is 2. The molecular weight excluding hydrogens is 969 g/mol. The Morgan fingerprint density at radius 1 is 0.692 bits per heavy atom. The van der Waals surface area contributed by atoms with Crippen LogP contribution in [-0.2, 0) is 32.9 Å². The van der Waals surface area contributed by atoms with Crippen LogP contribution in [0.3, 0.4) is 0 Å². The predicted molar refractivity (Wildman–Crippen MR) is 272 cm³/mol. The van der Waals surface area contributed by atoms with Crippen LogP contribution in [0.4, 0.5) is 0 Å². The van der Waals surface area contributed by atoms with Gasteiger partial charge in [-0.25, -0.2) is 0 Å². The van der Waals surface area contributed by atoms with Gasteiger partial charge in [-0.3, -0.25) is 0 Å². The molecule has 0 aliphatic heterocycles. The quantitative estimate of drug-likeness (QED) is 0.156. The Bertz CT molecular complexity index is 3550. The predicted octanol–water partition coefficient (Wildman–Crippen LogP) is 17.2. The van der Waals surface area contributed by atoms with E-state index in [4.69, 9.17) is 22.2 Å². The first-order valence-electron chi connectivity index (χ1n) is 29.2. The fourth-order valence-electron chi connectivity index (χ4n) is 9.49. The zero-order valence-corrected chi connectivity index (χ0v) is 41.5. The van der Waals surface area contributed by atoms with Crippen molar-refractivity contribution < 1.29 is 43.7 Å². The number of hydrogen-bond donors (Lipinski definition) is 0. The Kier molecular flexibility index (Phi) is 9.27. The normalized spacial score (nSPS) is 19.8. The Morgan fingerprint density at radius 2 is 1.35 bits per heavy atom. The van der Waals surface area contributed by atoms with Crippen LogP contribution in [0.15, 0.2) is 114 Å². The third kappa shape index (κ3) is 10.4. The van der Waals surface area contributed by atoms with E-state index in [-0.39, 0.29) is 64.4 Å². The molecule has 1 saturated carbocycles. The maximum Gasteiger partial charge on any atom is 0.128 e. The first-order chi connectivity index (χ1) is 35.7. The van der Waals surface area contributed by atoms with Crippen LogP contribution in [-0.4, -0.2) is 9.97 Å². The van der Waals surface area contributed by atoms with Crippen molar-refractivity contribution in [1.29, 1.82) is 0 Å². The van der Waals surface area contributed by atoms with E-state index in [1.165, 1.54) is 18.3 Å². The Balaban J connectivity index is 0.000000229. The van der Waals surface area contributed by atoms with Gasteiger partial charge in [0.15, 0.2) is 0 Å². The van der Waals surface area contributed by atoms with E-state index >= 15 is 0 Å². The largest absolute Gasteiger partial charge is 0.500 e. The monoisotopic (exact) mass is 1050 g/mol. The summed E-state index contributed by atoms with van der Waals surface area (Å²) >= 11 is 0. The molecule has 65 heavy (non-hydrogen) atoms. The Hall–Kier alpha value is -4.89. The Morgan fingerprint density at radius 3 is 2.05 bits per heavy atom. The average Bonchev–Trinajstić information content (AvgIpc) is 3.90. The molecule has 0 N–H and O–H groups in total. The first kappa shape index (κ1) is 32.7. The molecule has 4 heteroatoms. The maximum atomic E-state index is 9.91. The van der Waals surface area contributed by atoms with E-state index in [1.807, 2.05) is 42.5 Å². The number of hydrogen-bond acceptors (Lipinski definition) is 3. The smallest absolute Gasteiger partial charge is 0.128 e. The second-order valence-corrected chi connectivity index (χ2v) is 20.6. The molecule has 0 bridgehead atoms. The molecule has 3 aromatic heterocycles. The van der Waals surface area contributed by atoms with Gasteiger partial charge in [0.25, 0.3) is 0 Å². The minimum absolute atomic E-state index is 0. The fourth-order valence-corrected chi connectivity index (χ4v) is 9.49. The van der Waals surface area contributed by atoms with Crippen molar-refractivity contribution in [3.63, 3.8) is 0 Å². The molecular formula is C61H68IrN2O-2. The minimum atomic E-state index is -2.64. The van der Waals surface area contributed by atoms with Crippen LogP contribution >= 0.6 is 0 Å². The zero-order chi connectivity index (χ0) is 57.8. The number of benzene rings is 5. The van der Waals surface area contributed by atoms with Gasteiger partial charge in [0, 0.05) is 62.5 Å². The molecule has 0 saturated heterocycles. The van der Waals surface area contributed by atoms with Gasteiger partial charge in [-0.05, 0) is 118 Å². The van der Waals surface area contributed by atoms with Gasteiger partial charge in [-0.15, -0.1) is 47.5 Å². The van der Waals surface area contributed by atoms with Gasteiger partial charge in [0.2, 0.25) is 0 Å². The second kappa shape index (κ2) is 18.4. The molecule has 339 valence electrons. The summed E-state index contributed by atoms with van der Waals surface area (Å²) in [6, 6.07) is 35.5. The van der Waals surface area contributed by atoms with Crippen molar-refractivity contribution in [1.82, 2.24) is 9.97 Å². The van der Waals surface area contributed by atoms with E-state index in [2.05, 4.69) is 74.1 Å². The number of fused-ring (bicyclic) bond motifs is 5. The summed E-state index contributed by atoms with van der Waals surface area (Å²) in [6.45, 7) is 11.9. The summed E-state index contributed by atoms with van der Waals surface area (Å²) in [5.74, 6) is -0.806. The van der Waals surface area contributed by atoms with Crippen molar-refractivity contribution in [3.8, 4) is 33.6 Å². The SMILES string of the molecule is [2H]C([2H])([2H])c1c[c-]c(-c2cc(C([2H])([2H])C(C)(C)C)c(C([2H])([2H])C(C)(C)C)cn2)cc1-c1ccccc1.[2H]C([2H])([2H])c1cnc(-c2[c-]ccc3c2oc2c4cc(C5([2H])C(C)(C)CCCC5(C)C)ccc4ccc32)cc1C([2H])([2H])[2H].[Ir]. The van der Waals surface area contributed by atoms with Crippen LogP contribution in [0.1, 0.15) is 147 Å². The van der Waals surface area contributed by atoms with Gasteiger partial charge in [0.05, 0.1) is 5.58 Å². The summed E-state index contributed by atoms with van der Waals surface area (Å²) in [5, 5.41) is 3.61. The van der Waals surface area contributed by atoms with Gasteiger partial charge >= 0.3 is 0 Å². The molecule has 0 amide bonds. The van der Waals surface area contributed by atoms with Crippen LogP contribution in [0.25, 0.3) is 66.4 Å². The van der Waals surface area contributed by atoms with Crippen molar-refractivity contribution in [2.45, 2.75) is 128 Å². The van der Waals surface area contributed by atoms with Crippen LogP contribution in [0, 0.1) is 54.3 Å². The summed E-state index contributed by atoms with van der Waals surface area (Å²) in [6.07, 6.45) is 1.90. The number of aryl methyl sites for hydroxylation is 3. The molecule has 8 aromatic rings. The molecule has 3 nitrogen and oxygen atoms in total. The standard InChI is InChI=1S/C33H34NO.C28H34N.Ir/c1-20-17-28(34-19-21(20)2)26-10-7-9-24-25-14-13-22-11-12-23(18-27(22)30(25)35-29(24)26)31-32(3,4)15-8-16-33(31,5)6;1-20-13-14-22(15-25(20)21-11-9-8-10-12-21)26-16-23(17-27(2,3)4)24(19-29-26)18-28(5,6)7;/h7,9,11-14,17-19,31H,8,15-16H2,1-6H3;8-13,15-16,19H,17-18H2,1-7H3;/q2*-1;/i1D3,2D3,31D;1D3,17D2,18D2;.